The highest BCUT2D eigenvalue weighted by molar-refractivity contribution is 6.30. The molecule has 1 aromatic carbocycles. The summed E-state index contributed by atoms with van der Waals surface area (Å²) in [6.45, 7) is -0.316. The third-order valence-corrected chi connectivity index (χ3v) is 2.25. The van der Waals surface area contributed by atoms with Crippen molar-refractivity contribution in [1.29, 1.82) is 0 Å². The molecule has 0 fully saturated rings. The number of halogens is 1. The van der Waals surface area contributed by atoms with Crippen LogP contribution in [0.3, 0.4) is 0 Å². The summed E-state index contributed by atoms with van der Waals surface area (Å²) in [6, 6.07) is 6.27. The second kappa shape index (κ2) is 6.25. The topological polar surface area (TPSA) is 61.7 Å². The minimum Gasteiger partial charge on any atom is -0.394 e. The largest absolute Gasteiger partial charge is 0.394 e. The smallest absolute Gasteiger partial charge is 0.246 e. The number of nitrogens with zero attached hydrogens (tertiary/aromatic N) is 1. The van der Waals surface area contributed by atoms with Gasteiger partial charge in [0.25, 0.3) is 0 Å². The van der Waals surface area contributed by atoms with Crippen LogP contribution in [0.15, 0.2) is 29.3 Å². The Morgan fingerprint density at radius 1 is 1.56 bits per heavy atom. The molecule has 4 nitrogen and oxygen atoms in total. The Morgan fingerprint density at radius 3 is 2.69 bits per heavy atom. The van der Waals surface area contributed by atoms with Gasteiger partial charge in [-0.3, -0.25) is 9.79 Å². The molecule has 0 aliphatic carbocycles. The Kier molecular flexibility index (Phi) is 4.95. The van der Waals surface area contributed by atoms with E-state index in [1.165, 1.54) is 13.3 Å². The lowest BCUT2D eigenvalue weighted by Gasteiger charge is -2.06. The number of aliphatic hydroxyl groups excluding tert-OH is 1. The minimum absolute atomic E-state index is 0.312. The van der Waals surface area contributed by atoms with Gasteiger partial charge in [-0.2, -0.15) is 0 Å². The summed E-state index contributed by atoms with van der Waals surface area (Å²) in [5, 5.41) is 12.0. The summed E-state index contributed by atoms with van der Waals surface area (Å²) >= 11 is 5.73. The highest BCUT2D eigenvalue weighted by atomic mass is 35.5. The van der Waals surface area contributed by atoms with Crippen LogP contribution in [-0.4, -0.2) is 36.9 Å². The number of hydrogen-bond acceptors (Lipinski definition) is 3. The molecule has 0 aromatic heterocycles. The summed E-state index contributed by atoms with van der Waals surface area (Å²) in [5.74, 6) is -0.312. The third-order valence-electron chi connectivity index (χ3n) is 2.00. The average Bonchev–Trinajstić information content (AvgIpc) is 2.31. The number of aliphatic hydroxyl groups is 1. The molecule has 16 heavy (non-hydrogen) atoms. The molecule has 0 saturated carbocycles. The number of aliphatic imine (C=N–C) groups is 1. The van der Waals surface area contributed by atoms with Gasteiger partial charge in [0.05, 0.1) is 6.61 Å². The predicted molar refractivity (Wildman–Crippen MR) is 64.0 cm³/mol. The first-order chi connectivity index (χ1) is 7.67. The molecular weight excluding hydrogens is 228 g/mol. The number of benzene rings is 1. The summed E-state index contributed by atoms with van der Waals surface area (Å²) in [7, 11) is 1.50. The van der Waals surface area contributed by atoms with E-state index in [1.54, 1.807) is 24.3 Å². The second-order valence-corrected chi connectivity index (χ2v) is 3.58. The molecule has 0 radical (unpaired) electrons. The Morgan fingerprint density at radius 2 is 2.19 bits per heavy atom. The standard InChI is InChI=1S/C11H13ClN2O2/c1-13-11(16)10(7-15)14-6-8-2-4-9(12)5-3-8/h2-6,10,15H,7H2,1H3,(H,13,16)/t10-/m0/s1. The van der Waals surface area contributed by atoms with Crippen molar-refractivity contribution in [3.63, 3.8) is 0 Å². The number of carbonyl (C=O) groups excluding carboxylic acids is 1. The van der Waals surface area contributed by atoms with Crippen molar-refractivity contribution < 1.29 is 9.90 Å². The van der Waals surface area contributed by atoms with Crippen LogP contribution in [0.5, 0.6) is 0 Å². The van der Waals surface area contributed by atoms with E-state index >= 15 is 0 Å². The van der Waals surface area contributed by atoms with E-state index in [0.29, 0.717) is 5.02 Å². The van der Waals surface area contributed by atoms with Gasteiger partial charge in [-0.05, 0) is 17.7 Å². The van der Waals surface area contributed by atoms with Crippen molar-refractivity contribution in [3.8, 4) is 0 Å². The quantitative estimate of drug-likeness (QED) is 0.767. The molecule has 0 aliphatic heterocycles. The molecular formula is C11H13ClN2O2. The molecule has 1 rings (SSSR count). The van der Waals surface area contributed by atoms with E-state index in [-0.39, 0.29) is 12.5 Å². The maximum atomic E-state index is 11.2. The van der Waals surface area contributed by atoms with Gasteiger partial charge >= 0.3 is 0 Å². The summed E-state index contributed by atoms with van der Waals surface area (Å²) in [5.41, 5.74) is 0.826. The van der Waals surface area contributed by atoms with Crippen LogP contribution in [-0.2, 0) is 4.79 Å². The van der Waals surface area contributed by atoms with Crippen molar-refractivity contribution in [2.24, 2.45) is 4.99 Å². The lowest BCUT2D eigenvalue weighted by Crippen LogP contribution is -2.33. The fourth-order valence-electron chi connectivity index (χ4n) is 1.09. The molecule has 1 aromatic rings. The van der Waals surface area contributed by atoms with Crippen molar-refractivity contribution in [1.82, 2.24) is 5.32 Å². The molecule has 0 bridgehead atoms. The summed E-state index contributed by atoms with van der Waals surface area (Å²) < 4.78 is 0. The number of carbonyl (C=O) groups is 1. The number of amides is 1. The average molecular weight is 241 g/mol. The van der Waals surface area contributed by atoms with Gasteiger partial charge in [0.2, 0.25) is 5.91 Å². The lowest BCUT2D eigenvalue weighted by atomic mass is 10.2. The van der Waals surface area contributed by atoms with Gasteiger partial charge < -0.3 is 10.4 Å². The number of nitrogens with one attached hydrogen (secondary N) is 1. The lowest BCUT2D eigenvalue weighted by molar-refractivity contribution is -0.122. The second-order valence-electron chi connectivity index (χ2n) is 3.14. The highest BCUT2D eigenvalue weighted by Crippen LogP contribution is 2.08. The van der Waals surface area contributed by atoms with Gasteiger partial charge in [-0.25, -0.2) is 0 Å². The molecule has 0 aliphatic rings. The fourth-order valence-corrected chi connectivity index (χ4v) is 1.22. The van der Waals surface area contributed by atoms with Crippen LogP contribution in [0.4, 0.5) is 0 Å². The Labute approximate surface area is 99.0 Å². The maximum Gasteiger partial charge on any atom is 0.246 e. The van der Waals surface area contributed by atoms with E-state index in [0.717, 1.165) is 5.56 Å². The minimum atomic E-state index is -0.763. The van der Waals surface area contributed by atoms with Gasteiger partial charge in [-0.1, -0.05) is 23.7 Å². The molecule has 0 heterocycles. The highest BCUT2D eigenvalue weighted by Gasteiger charge is 2.12. The molecule has 0 spiro atoms. The molecule has 0 saturated heterocycles. The third kappa shape index (κ3) is 3.64. The van der Waals surface area contributed by atoms with Crippen LogP contribution in [0.25, 0.3) is 0 Å². The van der Waals surface area contributed by atoms with E-state index in [2.05, 4.69) is 10.3 Å². The van der Waals surface area contributed by atoms with E-state index < -0.39 is 6.04 Å². The zero-order valence-corrected chi connectivity index (χ0v) is 9.61. The van der Waals surface area contributed by atoms with E-state index in [4.69, 9.17) is 16.7 Å². The van der Waals surface area contributed by atoms with Crippen molar-refractivity contribution in [3.05, 3.63) is 34.9 Å². The molecule has 1 atom stereocenters. The fraction of sp³-hybridized carbons (Fsp3) is 0.273. The SMILES string of the molecule is CNC(=O)[C@H](CO)N=Cc1ccc(Cl)cc1. The summed E-state index contributed by atoms with van der Waals surface area (Å²) in [4.78, 5) is 15.2. The Bertz CT molecular complexity index is 376. The van der Waals surface area contributed by atoms with E-state index in [9.17, 15) is 4.79 Å². The van der Waals surface area contributed by atoms with Crippen LogP contribution in [0, 0.1) is 0 Å². The molecule has 2 N–H and O–H groups in total. The molecule has 0 unspecified atom stereocenters. The normalized spacial score (nSPS) is 12.7. The molecule has 5 heteroatoms. The molecule has 86 valence electrons. The zero-order valence-electron chi connectivity index (χ0n) is 8.85. The van der Waals surface area contributed by atoms with Crippen LogP contribution < -0.4 is 5.32 Å². The van der Waals surface area contributed by atoms with Crippen LogP contribution in [0.1, 0.15) is 5.56 Å². The van der Waals surface area contributed by atoms with Gasteiger partial charge in [-0.15, -0.1) is 0 Å². The van der Waals surface area contributed by atoms with Crippen molar-refractivity contribution >= 4 is 23.7 Å². The molecule has 1 amide bonds. The predicted octanol–water partition coefficient (Wildman–Crippen LogP) is 0.866. The van der Waals surface area contributed by atoms with Gasteiger partial charge in [0, 0.05) is 18.3 Å². The van der Waals surface area contributed by atoms with Crippen LogP contribution >= 0.6 is 11.6 Å². The summed E-state index contributed by atoms with van der Waals surface area (Å²) in [6.07, 6.45) is 1.53. The first-order valence-electron chi connectivity index (χ1n) is 4.78. The van der Waals surface area contributed by atoms with Crippen LogP contribution in [0.2, 0.25) is 5.02 Å². The first kappa shape index (κ1) is 12.7. The van der Waals surface area contributed by atoms with Crippen molar-refractivity contribution in [2.45, 2.75) is 6.04 Å². The van der Waals surface area contributed by atoms with Crippen molar-refractivity contribution in [2.75, 3.05) is 13.7 Å². The van der Waals surface area contributed by atoms with Gasteiger partial charge in [0.1, 0.15) is 0 Å². The Hall–Kier alpha value is -1.39. The number of likely N-dealkylation sites (N-methyl/N-ethyl adjacent to an activating group) is 1. The Balaban J connectivity index is 2.71. The maximum absolute atomic E-state index is 11.2. The van der Waals surface area contributed by atoms with E-state index in [1.807, 2.05) is 0 Å². The van der Waals surface area contributed by atoms with Gasteiger partial charge in [0.15, 0.2) is 6.04 Å². The zero-order chi connectivity index (χ0) is 12.0. The monoisotopic (exact) mass is 240 g/mol. The first-order valence-corrected chi connectivity index (χ1v) is 5.16. The number of rotatable bonds is 4. The number of hydrogen-bond donors (Lipinski definition) is 2.